The fourth-order valence-electron chi connectivity index (χ4n) is 2.61. The Morgan fingerprint density at radius 3 is 2.81 bits per heavy atom. The fraction of sp³-hybridized carbons (Fsp3) is 0.636. The Morgan fingerprint density at radius 2 is 2.29 bits per heavy atom. The van der Waals surface area contributed by atoms with Crippen LogP contribution in [0.4, 0.5) is 0 Å². The number of carboxylic acid groups (broad SMARTS) is 1. The molecule has 0 aromatic rings. The number of nitrogens with zero attached hydrogens (tertiary/aromatic N) is 3. The molecule has 0 radical (unpaired) electrons. The normalized spacial score (nSPS) is 34.2. The summed E-state index contributed by atoms with van der Waals surface area (Å²) >= 11 is 0. The van der Waals surface area contributed by atoms with Gasteiger partial charge in [-0.25, -0.2) is 13.2 Å². The van der Waals surface area contributed by atoms with Crippen molar-refractivity contribution in [1.29, 1.82) is 0 Å². The van der Waals surface area contributed by atoms with E-state index in [9.17, 15) is 23.1 Å². The molecule has 0 aromatic heterocycles. The van der Waals surface area contributed by atoms with Crippen molar-refractivity contribution in [3.05, 3.63) is 12.3 Å². The van der Waals surface area contributed by atoms with Crippen LogP contribution in [0.3, 0.4) is 0 Å². The molecule has 0 aliphatic carbocycles. The van der Waals surface area contributed by atoms with Crippen LogP contribution in [0.5, 0.6) is 0 Å². The van der Waals surface area contributed by atoms with Gasteiger partial charge in [-0.3, -0.25) is 10.2 Å². The first-order valence-corrected chi connectivity index (χ1v) is 7.82. The topological polar surface area (TPSA) is 128 Å². The third-order valence-electron chi connectivity index (χ3n) is 3.80. The van der Waals surface area contributed by atoms with E-state index in [0.717, 1.165) is 4.90 Å². The number of hydrogen-bond donors (Lipinski definition) is 2. The minimum absolute atomic E-state index is 0.171. The summed E-state index contributed by atoms with van der Waals surface area (Å²) in [5, 5.41) is 15.5. The quantitative estimate of drug-likeness (QED) is 0.406. The van der Waals surface area contributed by atoms with Gasteiger partial charge in [0.05, 0.1) is 13.0 Å². The summed E-state index contributed by atoms with van der Waals surface area (Å²) in [6.07, 6.45) is 2.98. The number of aliphatic carboxylic acids is 1. The number of sulfone groups is 1. The molecule has 0 aromatic carbocycles. The van der Waals surface area contributed by atoms with Crippen molar-refractivity contribution in [2.24, 2.45) is 10.3 Å². The first kappa shape index (κ1) is 15.4. The molecule has 0 saturated carbocycles. The minimum Gasteiger partial charge on any atom is -0.480 e. The molecule has 2 rings (SSSR count). The van der Waals surface area contributed by atoms with Gasteiger partial charge in [-0.15, -0.1) is 0 Å². The molecule has 21 heavy (non-hydrogen) atoms. The van der Waals surface area contributed by atoms with Crippen LogP contribution in [0.25, 0.3) is 0 Å². The van der Waals surface area contributed by atoms with E-state index in [0.29, 0.717) is 0 Å². The number of hydrogen-bond acceptors (Lipinski definition) is 6. The number of fused-ring (bicyclic) bond motifs is 1. The highest BCUT2D eigenvalue weighted by atomic mass is 32.2. The molecule has 116 valence electrons. The van der Waals surface area contributed by atoms with Crippen LogP contribution in [0.1, 0.15) is 20.3 Å². The van der Waals surface area contributed by atoms with E-state index >= 15 is 0 Å². The third-order valence-corrected chi connectivity index (χ3v) is 6.56. The average Bonchev–Trinajstić information content (AvgIpc) is 2.53. The van der Waals surface area contributed by atoms with Crippen molar-refractivity contribution < 1.29 is 23.1 Å². The summed E-state index contributed by atoms with van der Waals surface area (Å²) in [5.74, 6) is -1.82. The molecular formula is C11H16N4O5S. The summed E-state index contributed by atoms with van der Waals surface area (Å²) < 4.78 is 23.2. The summed E-state index contributed by atoms with van der Waals surface area (Å²) in [6, 6.07) is -1.44. The number of allylic oxidation sites excluding steroid dienone is 1. The molecule has 2 saturated heterocycles. The Kier molecular flexibility index (Phi) is 3.74. The second-order valence-electron chi connectivity index (χ2n) is 5.09. The number of carboxylic acids is 1. The molecule has 1 amide bonds. The van der Waals surface area contributed by atoms with Crippen molar-refractivity contribution in [2.45, 2.75) is 36.4 Å². The number of β-lactam (4-membered cyclic amide) rings is 1. The van der Waals surface area contributed by atoms with Crippen LogP contribution in [0.2, 0.25) is 0 Å². The van der Waals surface area contributed by atoms with E-state index in [1.807, 2.05) is 0 Å². The minimum atomic E-state index is -3.82. The second kappa shape index (κ2) is 5.10. The zero-order valence-corrected chi connectivity index (χ0v) is 12.4. The van der Waals surface area contributed by atoms with Gasteiger partial charge in [0.25, 0.3) is 0 Å². The predicted molar refractivity (Wildman–Crippen MR) is 71.7 cm³/mol. The van der Waals surface area contributed by atoms with Gasteiger partial charge in [-0.2, -0.15) is 5.11 Å². The van der Waals surface area contributed by atoms with Gasteiger partial charge >= 0.3 is 5.97 Å². The second-order valence-corrected chi connectivity index (χ2v) is 7.65. The molecule has 2 aliphatic heterocycles. The fourth-order valence-corrected chi connectivity index (χ4v) is 4.90. The number of carbonyl (C=O) groups excluding carboxylic acids is 1. The lowest BCUT2D eigenvalue weighted by Gasteiger charge is -2.35. The monoisotopic (exact) mass is 316 g/mol. The Labute approximate surface area is 121 Å². The Hall–Kier alpha value is -1.97. The smallest absolute Gasteiger partial charge is 0.328 e. The van der Waals surface area contributed by atoms with Crippen LogP contribution in [-0.4, -0.2) is 53.0 Å². The highest BCUT2D eigenvalue weighted by Gasteiger charge is 2.69. The molecule has 0 spiro atoms. The van der Waals surface area contributed by atoms with Crippen molar-refractivity contribution in [3.63, 3.8) is 0 Å². The van der Waals surface area contributed by atoms with Crippen LogP contribution < -0.4 is 5.43 Å². The summed E-state index contributed by atoms with van der Waals surface area (Å²) in [6.45, 7) is 2.71. The van der Waals surface area contributed by atoms with Gasteiger partial charge in [-0.1, -0.05) is 11.3 Å². The Morgan fingerprint density at radius 1 is 1.62 bits per heavy atom. The van der Waals surface area contributed by atoms with Gasteiger partial charge < -0.3 is 10.0 Å². The largest absolute Gasteiger partial charge is 0.480 e. The summed E-state index contributed by atoms with van der Waals surface area (Å²) in [5.41, 5.74) is 2.45. The van der Waals surface area contributed by atoms with Crippen molar-refractivity contribution in [1.82, 2.24) is 10.3 Å². The zero-order chi connectivity index (χ0) is 15.8. The molecule has 10 heteroatoms. The van der Waals surface area contributed by atoms with Gasteiger partial charge in [0.2, 0.25) is 5.91 Å². The lowest BCUT2D eigenvalue weighted by molar-refractivity contribution is -0.157. The highest BCUT2D eigenvalue weighted by Crippen LogP contribution is 2.46. The van der Waals surface area contributed by atoms with E-state index in [2.05, 4.69) is 15.8 Å². The number of amides is 1. The van der Waals surface area contributed by atoms with Crippen LogP contribution in [-0.2, 0) is 19.4 Å². The van der Waals surface area contributed by atoms with Crippen molar-refractivity contribution in [2.75, 3.05) is 6.54 Å². The maximum atomic E-state index is 12.5. The van der Waals surface area contributed by atoms with Gasteiger partial charge in [0.15, 0.2) is 15.9 Å². The molecular weight excluding hydrogens is 300 g/mol. The maximum absolute atomic E-state index is 12.5. The van der Waals surface area contributed by atoms with E-state index < -0.39 is 37.9 Å². The average molecular weight is 316 g/mol. The molecule has 2 aliphatic rings. The molecule has 3 atom stereocenters. The van der Waals surface area contributed by atoms with E-state index in [1.165, 1.54) is 13.1 Å². The van der Waals surface area contributed by atoms with Gasteiger partial charge in [0.1, 0.15) is 10.1 Å². The predicted octanol–water partition coefficient (Wildman–Crippen LogP) is -0.324. The first-order chi connectivity index (χ1) is 9.77. The van der Waals surface area contributed by atoms with Crippen LogP contribution in [0, 0.1) is 0 Å². The molecule has 0 bridgehead atoms. The first-order valence-electron chi connectivity index (χ1n) is 6.28. The van der Waals surface area contributed by atoms with E-state index in [1.54, 1.807) is 13.0 Å². The number of carbonyl (C=O) groups is 2. The maximum Gasteiger partial charge on any atom is 0.328 e. The Bertz CT molecular complexity index is 629. The summed E-state index contributed by atoms with van der Waals surface area (Å²) in [7, 11) is -3.82. The number of nitrogens with one attached hydrogen (secondary N) is 1. The van der Waals surface area contributed by atoms with Gasteiger partial charge in [0, 0.05) is 6.20 Å². The van der Waals surface area contributed by atoms with Crippen LogP contribution >= 0.6 is 0 Å². The Balaban J connectivity index is 2.31. The van der Waals surface area contributed by atoms with Crippen molar-refractivity contribution in [3.8, 4) is 0 Å². The lowest BCUT2D eigenvalue weighted by atomic mass is 9.97. The number of rotatable bonds is 5. The van der Waals surface area contributed by atoms with Crippen LogP contribution in [0.15, 0.2) is 22.6 Å². The molecule has 2 N–H and O–H groups in total. The highest BCUT2D eigenvalue weighted by molar-refractivity contribution is 7.94. The molecule has 9 nitrogen and oxygen atoms in total. The van der Waals surface area contributed by atoms with E-state index in [-0.39, 0.29) is 13.0 Å². The zero-order valence-electron chi connectivity index (χ0n) is 11.6. The standard InChI is InChI=1S/C11H16N4O5S/c1-3-4-12-14-13-6-11(2)9(10(17)18)15-7(16)5-8(15)21(11,19)20/h3-4,8-9H,5-6H2,1-2H3,(H,12,13)(H,17,18)/b4-3-/t8-,9+,11+/m1/s1. The molecule has 2 heterocycles. The summed E-state index contributed by atoms with van der Waals surface area (Å²) in [4.78, 5) is 23.9. The SMILES string of the molecule is C/C=C\NN=NC[C@@]1(C)[C@H](C(=O)O)N2C(=O)C[C@H]2S1(=O)=O. The molecule has 0 unspecified atom stereocenters. The van der Waals surface area contributed by atoms with Crippen molar-refractivity contribution >= 4 is 21.7 Å². The van der Waals surface area contributed by atoms with Gasteiger partial charge in [-0.05, 0) is 13.8 Å². The third kappa shape index (κ3) is 2.09. The van der Waals surface area contributed by atoms with E-state index in [4.69, 9.17) is 0 Å². The lowest BCUT2D eigenvalue weighted by Crippen LogP contribution is -2.57. The molecule has 2 fully saturated rings.